The maximum absolute atomic E-state index is 13.7. The van der Waals surface area contributed by atoms with Gasteiger partial charge >= 0.3 is 6.09 Å². The Bertz CT molecular complexity index is 811. The number of alkyl carbamates (subject to hydrolysis) is 1. The highest BCUT2D eigenvalue weighted by Crippen LogP contribution is 2.25. The van der Waals surface area contributed by atoms with E-state index in [0.717, 1.165) is 36.0 Å². The molecule has 0 spiro atoms. The summed E-state index contributed by atoms with van der Waals surface area (Å²) < 4.78 is 5.39. The molecule has 0 aliphatic carbocycles. The summed E-state index contributed by atoms with van der Waals surface area (Å²) in [6.45, 7) is 15.8. The van der Waals surface area contributed by atoms with Crippen molar-refractivity contribution in [1.29, 1.82) is 0 Å². The number of rotatable bonds is 11. The van der Waals surface area contributed by atoms with Gasteiger partial charge in [-0.3, -0.25) is 9.59 Å². The van der Waals surface area contributed by atoms with Crippen molar-refractivity contribution in [3.05, 3.63) is 34.9 Å². The monoisotopic (exact) mass is 475 g/mol. The third kappa shape index (κ3) is 9.35. The summed E-state index contributed by atoms with van der Waals surface area (Å²) in [5.74, 6) is -0.694. The van der Waals surface area contributed by atoms with E-state index in [1.54, 1.807) is 27.8 Å². The number of amides is 3. The van der Waals surface area contributed by atoms with Crippen LogP contribution in [0.1, 0.15) is 90.0 Å². The summed E-state index contributed by atoms with van der Waals surface area (Å²) in [6, 6.07) is 4.29. The lowest BCUT2D eigenvalue weighted by molar-refractivity contribution is -0.141. The molecule has 3 atom stereocenters. The maximum atomic E-state index is 13.7. The molecule has 3 amide bonds. The number of nitrogens with zero attached hydrogens (tertiary/aromatic N) is 1. The van der Waals surface area contributed by atoms with Gasteiger partial charge in [0.25, 0.3) is 0 Å². The van der Waals surface area contributed by atoms with Crippen LogP contribution in [-0.4, -0.2) is 48.0 Å². The fourth-order valence-electron chi connectivity index (χ4n) is 3.87. The van der Waals surface area contributed by atoms with Gasteiger partial charge in [0, 0.05) is 13.6 Å². The molecule has 0 saturated carbocycles. The first-order valence-corrected chi connectivity index (χ1v) is 12.4. The van der Waals surface area contributed by atoms with Crippen molar-refractivity contribution in [2.45, 2.75) is 98.8 Å². The normalized spacial score (nSPS) is 14.0. The van der Waals surface area contributed by atoms with E-state index in [1.165, 1.54) is 4.90 Å². The molecular formula is C27H45N3O4. The number of benzene rings is 1. The highest BCUT2D eigenvalue weighted by molar-refractivity contribution is 5.92. The predicted molar refractivity (Wildman–Crippen MR) is 137 cm³/mol. The number of hydrogen-bond donors (Lipinski definition) is 2. The topological polar surface area (TPSA) is 87.7 Å². The van der Waals surface area contributed by atoms with Crippen LogP contribution in [0.15, 0.2) is 18.2 Å². The number of carbonyl (C=O) groups excluding carboxylic acids is 3. The first kappa shape index (κ1) is 29.5. The van der Waals surface area contributed by atoms with Crippen LogP contribution in [0.3, 0.4) is 0 Å². The lowest BCUT2D eigenvalue weighted by atomic mass is 9.95. The summed E-state index contributed by atoms with van der Waals surface area (Å²) >= 11 is 0. The Morgan fingerprint density at radius 1 is 1.03 bits per heavy atom. The van der Waals surface area contributed by atoms with Gasteiger partial charge in [0.15, 0.2) is 0 Å². The van der Waals surface area contributed by atoms with E-state index in [2.05, 4.69) is 17.6 Å². The van der Waals surface area contributed by atoms with Crippen molar-refractivity contribution in [2.75, 3.05) is 13.6 Å². The first-order chi connectivity index (χ1) is 15.8. The molecule has 0 saturated heterocycles. The Balaban J connectivity index is 3.27. The van der Waals surface area contributed by atoms with Gasteiger partial charge in [0.1, 0.15) is 17.7 Å². The molecule has 7 heteroatoms. The molecule has 3 unspecified atom stereocenters. The smallest absolute Gasteiger partial charge is 0.408 e. The number of unbranched alkanes of at least 4 members (excludes halogenated alkanes) is 2. The SMILES string of the molecule is CCCCCNC(=O)C(c1cc(C)cc(C)c1)N(C)C(=O)C(NC(=O)OC(C)(C)C)C(C)CC. The van der Waals surface area contributed by atoms with Crippen LogP contribution in [0, 0.1) is 19.8 Å². The van der Waals surface area contributed by atoms with Gasteiger partial charge in [-0.1, -0.05) is 69.4 Å². The molecular weight excluding hydrogens is 430 g/mol. The lowest BCUT2D eigenvalue weighted by Gasteiger charge is -2.33. The van der Waals surface area contributed by atoms with Crippen molar-refractivity contribution in [3.8, 4) is 0 Å². The van der Waals surface area contributed by atoms with E-state index in [-0.39, 0.29) is 17.7 Å². The average molecular weight is 476 g/mol. The molecule has 7 nitrogen and oxygen atoms in total. The van der Waals surface area contributed by atoms with Gasteiger partial charge in [0.2, 0.25) is 11.8 Å². The summed E-state index contributed by atoms with van der Waals surface area (Å²) in [5, 5.41) is 5.75. The highest BCUT2D eigenvalue weighted by atomic mass is 16.6. The second-order valence-electron chi connectivity index (χ2n) is 10.3. The second kappa shape index (κ2) is 13.4. The van der Waals surface area contributed by atoms with E-state index < -0.39 is 23.8 Å². The predicted octanol–water partition coefficient (Wildman–Crippen LogP) is 5.05. The van der Waals surface area contributed by atoms with E-state index in [9.17, 15) is 14.4 Å². The number of hydrogen-bond acceptors (Lipinski definition) is 4. The molecule has 0 fully saturated rings. The molecule has 0 aliphatic rings. The number of nitrogens with one attached hydrogen (secondary N) is 2. The van der Waals surface area contributed by atoms with Crippen LogP contribution < -0.4 is 10.6 Å². The van der Waals surface area contributed by atoms with Crippen LogP contribution >= 0.6 is 0 Å². The van der Waals surface area contributed by atoms with E-state index in [4.69, 9.17) is 4.74 Å². The Hall–Kier alpha value is -2.57. The summed E-state index contributed by atoms with van der Waals surface area (Å²) in [4.78, 5) is 41.0. The Morgan fingerprint density at radius 2 is 1.62 bits per heavy atom. The summed E-state index contributed by atoms with van der Waals surface area (Å²) in [6.07, 6.45) is 3.00. The fraction of sp³-hybridized carbons (Fsp3) is 0.667. The molecule has 0 bridgehead atoms. The average Bonchev–Trinajstić information content (AvgIpc) is 2.72. The molecule has 1 rings (SSSR count). The third-order valence-electron chi connectivity index (χ3n) is 5.77. The van der Waals surface area contributed by atoms with Crippen molar-refractivity contribution in [3.63, 3.8) is 0 Å². The molecule has 1 aromatic rings. The quantitative estimate of drug-likeness (QED) is 0.439. The zero-order chi connectivity index (χ0) is 26.1. The van der Waals surface area contributed by atoms with Gasteiger partial charge < -0.3 is 20.3 Å². The third-order valence-corrected chi connectivity index (χ3v) is 5.77. The maximum Gasteiger partial charge on any atom is 0.408 e. The summed E-state index contributed by atoms with van der Waals surface area (Å²) in [7, 11) is 1.63. The largest absolute Gasteiger partial charge is 0.444 e. The van der Waals surface area contributed by atoms with Crippen LogP contribution in [0.4, 0.5) is 4.79 Å². The molecule has 2 N–H and O–H groups in total. The van der Waals surface area contributed by atoms with Gasteiger partial charge in [-0.25, -0.2) is 4.79 Å². The zero-order valence-electron chi connectivity index (χ0n) is 22.6. The lowest BCUT2D eigenvalue weighted by Crippen LogP contribution is -2.54. The minimum Gasteiger partial charge on any atom is -0.444 e. The zero-order valence-corrected chi connectivity index (χ0v) is 22.6. The van der Waals surface area contributed by atoms with Gasteiger partial charge in [0.05, 0.1) is 0 Å². The molecule has 0 radical (unpaired) electrons. The second-order valence-corrected chi connectivity index (χ2v) is 10.3. The molecule has 1 aromatic carbocycles. The van der Waals surface area contributed by atoms with Crippen LogP contribution in [0.2, 0.25) is 0 Å². The molecule has 0 aliphatic heterocycles. The Kier molecular flexibility index (Phi) is 11.6. The van der Waals surface area contributed by atoms with Crippen molar-refractivity contribution in [1.82, 2.24) is 15.5 Å². The number of aryl methyl sites for hydroxylation is 2. The van der Waals surface area contributed by atoms with Crippen LogP contribution in [0.5, 0.6) is 0 Å². The summed E-state index contributed by atoms with van der Waals surface area (Å²) in [5.41, 5.74) is 2.11. The minimum atomic E-state index is -0.814. The standard InChI is InChI=1S/C27H45N3O4/c1-10-12-13-14-28-24(31)23(21-16-18(3)15-19(4)17-21)30(9)25(32)22(20(5)11-2)29-26(33)34-27(6,7)8/h15-17,20,22-23H,10-14H2,1-9H3,(H,28,31)(H,29,33). The molecule has 34 heavy (non-hydrogen) atoms. The number of carbonyl (C=O) groups is 3. The van der Waals surface area contributed by atoms with Crippen LogP contribution in [0.25, 0.3) is 0 Å². The number of likely N-dealkylation sites (N-methyl/N-ethyl adjacent to an activating group) is 1. The van der Waals surface area contributed by atoms with E-state index >= 15 is 0 Å². The molecule has 192 valence electrons. The van der Waals surface area contributed by atoms with Gasteiger partial charge in [-0.2, -0.15) is 0 Å². The molecule has 0 aromatic heterocycles. The van der Waals surface area contributed by atoms with Crippen LogP contribution in [-0.2, 0) is 14.3 Å². The van der Waals surface area contributed by atoms with Gasteiger partial charge in [-0.05, 0) is 52.5 Å². The minimum absolute atomic E-state index is 0.144. The van der Waals surface area contributed by atoms with E-state index in [1.807, 2.05) is 45.9 Å². The Morgan fingerprint density at radius 3 is 2.12 bits per heavy atom. The fourth-order valence-corrected chi connectivity index (χ4v) is 3.87. The highest BCUT2D eigenvalue weighted by Gasteiger charge is 2.36. The Labute approximate surface area is 206 Å². The van der Waals surface area contributed by atoms with Crippen molar-refractivity contribution >= 4 is 17.9 Å². The van der Waals surface area contributed by atoms with Crippen molar-refractivity contribution < 1.29 is 19.1 Å². The van der Waals surface area contributed by atoms with Gasteiger partial charge in [-0.15, -0.1) is 0 Å². The molecule has 0 heterocycles. The first-order valence-electron chi connectivity index (χ1n) is 12.4. The van der Waals surface area contributed by atoms with Crippen molar-refractivity contribution in [2.24, 2.45) is 5.92 Å². The van der Waals surface area contributed by atoms with E-state index in [0.29, 0.717) is 13.0 Å². The number of ether oxygens (including phenoxy) is 1.